The number of benzene rings is 2. The van der Waals surface area contributed by atoms with Crippen LogP contribution in [-0.2, 0) is 12.6 Å². The fourth-order valence-electron chi connectivity index (χ4n) is 2.45. The zero-order valence-electron chi connectivity index (χ0n) is 13.1. The highest BCUT2D eigenvalue weighted by Gasteiger charge is 2.33. The van der Waals surface area contributed by atoms with Crippen molar-refractivity contribution in [2.75, 3.05) is 6.54 Å². The average Bonchev–Trinajstić information content (AvgIpc) is 2.54. The van der Waals surface area contributed by atoms with Gasteiger partial charge in [0.15, 0.2) is 0 Å². The highest BCUT2D eigenvalue weighted by molar-refractivity contribution is 6.31. The number of hydrogen-bond acceptors (Lipinski definition) is 2. The molecule has 0 saturated heterocycles. The SMILES string of the molecule is CC(Cc1ccc(Cl)c(C(F)(F)F)c1)NCC(O)c1ccccc1. The van der Waals surface area contributed by atoms with Crippen molar-refractivity contribution in [2.45, 2.75) is 31.7 Å². The molecule has 0 aromatic heterocycles. The zero-order chi connectivity index (χ0) is 17.7. The van der Waals surface area contributed by atoms with E-state index in [-0.39, 0.29) is 11.1 Å². The molecule has 0 spiro atoms. The third kappa shape index (κ3) is 5.23. The molecule has 0 aliphatic carbocycles. The van der Waals surface area contributed by atoms with Crippen LogP contribution < -0.4 is 5.32 Å². The van der Waals surface area contributed by atoms with E-state index < -0.39 is 17.8 Å². The van der Waals surface area contributed by atoms with Crippen molar-refractivity contribution < 1.29 is 18.3 Å². The number of aliphatic hydroxyl groups is 1. The van der Waals surface area contributed by atoms with Crippen LogP contribution in [0.3, 0.4) is 0 Å². The van der Waals surface area contributed by atoms with Crippen molar-refractivity contribution in [3.63, 3.8) is 0 Å². The highest BCUT2D eigenvalue weighted by Crippen LogP contribution is 2.35. The molecule has 24 heavy (non-hydrogen) atoms. The molecule has 0 radical (unpaired) electrons. The van der Waals surface area contributed by atoms with Crippen LogP contribution in [0.1, 0.15) is 29.7 Å². The molecule has 130 valence electrons. The van der Waals surface area contributed by atoms with Gasteiger partial charge in [-0.05, 0) is 36.6 Å². The van der Waals surface area contributed by atoms with E-state index in [2.05, 4.69) is 5.32 Å². The van der Waals surface area contributed by atoms with Crippen LogP contribution in [0, 0.1) is 0 Å². The van der Waals surface area contributed by atoms with Crippen LogP contribution in [0.2, 0.25) is 5.02 Å². The van der Waals surface area contributed by atoms with Crippen LogP contribution in [0.4, 0.5) is 13.2 Å². The van der Waals surface area contributed by atoms with Gasteiger partial charge in [0.1, 0.15) is 0 Å². The molecule has 2 rings (SSSR count). The Hall–Kier alpha value is -1.56. The standard InChI is InChI=1S/C18H19ClF3NO/c1-12(23-11-17(24)14-5-3-2-4-6-14)9-13-7-8-16(19)15(10-13)18(20,21)22/h2-8,10,12,17,23-24H,9,11H2,1H3. The fourth-order valence-corrected chi connectivity index (χ4v) is 2.67. The Bertz CT molecular complexity index is 661. The molecule has 2 nitrogen and oxygen atoms in total. The zero-order valence-corrected chi connectivity index (χ0v) is 13.9. The first-order chi connectivity index (χ1) is 11.3. The summed E-state index contributed by atoms with van der Waals surface area (Å²) in [5, 5.41) is 12.9. The summed E-state index contributed by atoms with van der Waals surface area (Å²) < 4.78 is 38.6. The molecule has 2 atom stereocenters. The van der Waals surface area contributed by atoms with Crippen molar-refractivity contribution in [3.05, 3.63) is 70.2 Å². The second-order valence-corrected chi connectivity index (χ2v) is 6.16. The van der Waals surface area contributed by atoms with Gasteiger partial charge < -0.3 is 10.4 Å². The molecule has 0 bridgehead atoms. The molecular formula is C18H19ClF3NO. The maximum absolute atomic E-state index is 12.9. The van der Waals surface area contributed by atoms with Gasteiger partial charge in [-0.1, -0.05) is 48.0 Å². The molecule has 0 fully saturated rings. The molecule has 2 aromatic rings. The summed E-state index contributed by atoms with van der Waals surface area (Å²) in [6.45, 7) is 2.19. The topological polar surface area (TPSA) is 32.3 Å². The Labute approximate surface area is 144 Å². The molecular weight excluding hydrogens is 339 g/mol. The number of nitrogens with one attached hydrogen (secondary N) is 1. The summed E-state index contributed by atoms with van der Waals surface area (Å²) >= 11 is 5.62. The Morgan fingerprint density at radius 2 is 1.79 bits per heavy atom. The van der Waals surface area contributed by atoms with Crippen LogP contribution in [0.25, 0.3) is 0 Å². The Morgan fingerprint density at radius 1 is 1.12 bits per heavy atom. The van der Waals surface area contributed by atoms with E-state index in [1.165, 1.54) is 6.07 Å². The van der Waals surface area contributed by atoms with Gasteiger partial charge in [-0.25, -0.2) is 0 Å². The third-order valence-corrected chi connectivity index (χ3v) is 4.05. The predicted octanol–water partition coefficient (Wildman–Crippen LogP) is 4.61. The van der Waals surface area contributed by atoms with Gasteiger partial charge in [0.2, 0.25) is 0 Å². The summed E-state index contributed by atoms with van der Waals surface area (Å²) in [5.41, 5.74) is 0.516. The van der Waals surface area contributed by atoms with Gasteiger partial charge in [-0.3, -0.25) is 0 Å². The van der Waals surface area contributed by atoms with Crippen LogP contribution >= 0.6 is 11.6 Å². The summed E-state index contributed by atoms with van der Waals surface area (Å²) in [7, 11) is 0. The van der Waals surface area contributed by atoms with E-state index in [0.717, 1.165) is 11.6 Å². The van der Waals surface area contributed by atoms with Gasteiger partial charge in [0.05, 0.1) is 16.7 Å². The summed E-state index contributed by atoms with van der Waals surface area (Å²) in [5.74, 6) is 0. The maximum atomic E-state index is 12.9. The van der Waals surface area contributed by atoms with Crippen molar-refractivity contribution in [1.29, 1.82) is 0 Å². The number of halogens is 4. The first-order valence-corrected chi connectivity index (χ1v) is 7.97. The monoisotopic (exact) mass is 357 g/mol. The van der Waals surface area contributed by atoms with Crippen molar-refractivity contribution >= 4 is 11.6 Å². The van der Waals surface area contributed by atoms with E-state index in [1.807, 2.05) is 37.3 Å². The van der Waals surface area contributed by atoms with Crippen molar-refractivity contribution in [1.82, 2.24) is 5.32 Å². The lowest BCUT2D eigenvalue weighted by Crippen LogP contribution is -2.32. The van der Waals surface area contributed by atoms with E-state index in [1.54, 1.807) is 6.07 Å². The van der Waals surface area contributed by atoms with Crippen LogP contribution in [-0.4, -0.2) is 17.7 Å². The van der Waals surface area contributed by atoms with Gasteiger partial charge in [0, 0.05) is 12.6 Å². The molecule has 0 heterocycles. The minimum absolute atomic E-state index is 0.0920. The van der Waals surface area contributed by atoms with Gasteiger partial charge in [-0.2, -0.15) is 13.2 Å². The first kappa shape index (κ1) is 18.8. The smallest absolute Gasteiger partial charge is 0.387 e. The maximum Gasteiger partial charge on any atom is 0.417 e. The number of hydrogen-bond donors (Lipinski definition) is 2. The van der Waals surface area contributed by atoms with E-state index in [0.29, 0.717) is 18.5 Å². The summed E-state index contributed by atoms with van der Waals surface area (Å²) in [6, 6.07) is 13.0. The van der Waals surface area contributed by atoms with E-state index in [9.17, 15) is 18.3 Å². The van der Waals surface area contributed by atoms with Crippen molar-refractivity contribution in [2.24, 2.45) is 0 Å². The molecule has 0 aliphatic heterocycles. The van der Waals surface area contributed by atoms with Gasteiger partial charge >= 0.3 is 6.18 Å². The minimum Gasteiger partial charge on any atom is -0.387 e. The van der Waals surface area contributed by atoms with Gasteiger partial charge in [-0.15, -0.1) is 0 Å². The van der Waals surface area contributed by atoms with Crippen LogP contribution in [0.5, 0.6) is 0 Å². The van der Waals surface area contributed by atoms with Gasteiger partial charge in [0.25, 0.3) is 0 Å². The fraction of sp³-hybridized carbons (Fsp3) is 0.333. The minimum atomic E-state index is -4.47. The molecule has 2 unspecified atom stereocenters. The number of alkyl halides is 3. The lowest BCUT2D eigenvalue weighted by atomic mass is 10.0. The largest absolute Gasteiger partial charge is 0.417 e. The average molecular weight is 358 g/mol. The highest BCUT2D eigenvalue weighted by atomic mass is 35.5. The molecule has 6 heteroatoms. The molecule has 0 amide bonds. The molecule has 0 aliphatic rings. The second-order valence-electron chi connectivity index (χ2n) is 5.75. The lowest BCUT2D eigenvalue weighted by molar-refractivity contribution is -0.137. The molecule has 2 N–H and O–H groups in total. The number of rotatable bonds is 6. The normalized spacial score (nSPS) is 14.4. The summed E-state index contributed by atoms with van der Waals surface area (Å²) in [4.78, 5) is 0. The Balaban J connectivity index is 1.94. The Morgan fingerprint density at radius 3 is 2.42 bits per heavy atom. The predicted molar refractivity (Wildman–Crippen MR) is 89.0 cm³/mol. The van der Waals surface area contributed by atoms with Crippen LogP contribution in [0.15, 0.2) is 48.5 Å². The number of aliphatic hydroxyl groups excluding tert-OH is 1. The summed E-state index contributed by atoms with van der Waals surface area (Å²) in [6.07, 6.45) is -4.72. The van der Waals surface area contributed by atoms with E-state index in [4.69, 9.17) is 11.6 Å². The quantitative estimate of drug-likeness (QED) is 0.791. The van der Waals surface area contributed by atoms with E-state index >= 15 is 0 Å². The molecule has 0 saturated carbocycles. The Kier molecular flexibility index (Phi) is 6.27. The lowest BCUT2D eigenvalue weighted by Gasteiger charge is -2.18. The molecule has 2 aromatic carbocycles. The third-order valence-electron chi connectivity index (χ3n) is 3.72. The first-order valence-electron chi connectivity index (χ1n) is 7.59. The van der Waals surface area contributed by atoms with Crippen molar-refractivity contribution in [3.8, 4) is 0 Å². The second kappa shape index (κ2) is 8.01.